The summed E-state index contributed by atoms with van der Waals surface area (Å²) in [5.74, 6) is -0.559. The van der Waals surface area contributed by atoms with Crippen molar-refractivity contribution in [1.29, 1.82) is 0 Å². The number of anilines is 1. The van der Waals surface area contributed by atoms with Crippen molar-refractivity contribution in [3.63, 3.8) is 0 Å². The number of nitrogens with zero attached hydrogens (tertiary/aromatic N) is 3. The van der Waals surface area contributed by atoms with E-state index in [9.17, 15) is 13.2 Å². The molecule has 0 saturated heterocycles. The summed E-state index contributed by atoms with van der Waals surface area (Å²) in [6, 6.07) is 25.0. The van der Waals surface area contributed by atoms with Gasteiger partial charge in [0.2, 0.25) is 0 Å². The second kappa shape index (κ2) is 11.1. The molecular formula is C28H27BrN4O3S. The average Bonchev–Trinajstić information content (AvgIpc) is 3.16. The van der Waals surface area contributed by atoms with Crippen molar-refractivity contribution in [3.8, 4) is 5.69 Å². The molecular weight excluding hydrogens is 552 g/mol. The first kappa shape index (κ1) is 26.4. The minimum Gasteiger partial charge on any atom is -0.318 e. The van der Waals surface area contributed by atoms with Crippen LogP contribution >= 0.6 is 15.9 Å². The lowest BCUT2D eigenvalue weighted by Crippen LogP contribution is -2.39. The molecule has 1 N–H and O–H groups in total. The second-order valence-corrected chi connectivity index (χ2v) is 11.4. The van der Waals surface area contributed by atoms with E-state index in [1.54, 1.807) is 48.7 Å². The molecule has 1 heterocycles. The van der Waals surface area contributed by atoms with Crippen LogP contribution in [0.2, 0.25) is 0 Å². The van der Waals surface area contributed by atoms with Crippen LogP contribution in [0.1, 0.15) is 22.5 Å². The number of halogens is 1. The van der Waals surface area contributed by atoms with Crippen LogP contribution in [0.5, 0.6) is 0 Å². The molecule has 4 aromatic rings. The molecule has 0 atom stereocenters. The highest BCUT2D eigenvalue weighted by Gasteiger charge is 2.27. The van der Waals surface area contributed by atoms with Gasteiger partial charge in [-0.2, -0.15) is 5.10 Å². The first-order valence-corrected chi connectivity index (χ1v) is 13.8. The molecule has 0 spiro atoms. The van der Waals surface area contributed by atoms with Gasteiger partial charge in [-0.05, 0) is 69.3 Å². The maximum absolute atomic E-state index is 13.4. The van der Waals surface area contributed by atoms with Crippen LogP contribution < -0.4 is 9.73 Å². The van der Waals surface area contributed by atoms with Crippen molar-refractivity contribution >= 4 is 43.8 Å². The number of aryl methyl sites for hydroxylation is 2. The van der Waals surface area contributed by atoms with Gasteiger partial charge in [0.25, 0.3) is 15.9 Å². The number of nitrogens with one attached hydrogen (secondary N) is 1. The largest absolute Gasteiger partial charge is 0.318 e. The van der Waals surface area contributed by atoms with Crippen LogP contribution in [0, 0.1) is 20.8 Å². The number of rotatable bonds is 8. The van der Waals surface area contributed by atoms with Gasteiger partial charge in [-0.3, -0.25) is 9.10 Å². The number of hydrogen-bond donors (Lipinski definition) is 1. The van der Waals surface area contributed by atoms with Crippen molar-refractivity contribution in [1.82, 2.24) is 9.99 Å². The van der Waals surface area contributed by atoms with Crippen LogP contribution in [0.3, 0.4) is 0 Å². The number of para-hydroxylation sites is 1. The van der Waals surface area contributed by atoms with Crippen LogP contribution in [-0.4, -0.2) is 31.7 Å². The quantitative estimate of drug-likeness (QED) is 0.221. The first-order chi connectivity index (χ1) is 17.7. The molecule has 190 valence electrons. The summed E-state index contributed by atoms with van der Waals surface area (Å²) >= 11 is 3.51. The molecule has 0 bridgehead atoms. The van der Waals surface area contributed by atoms with E-state index >= 15 is 0 Å². The van der Waals surface area contributed by atoms with Gasteiger partial charge in [0.05, 0.1) is 16.8 Å². The summed E-state index contributed by atoms with van der Waals surface area (Å²) in [5, 5.41) is 4.11. The third kappa shape index (κ3) is 6.00. The Morgan fingerprint density at radius 2 is 1.68 bits per heavy atom. The van der Waals surface area contributed by atoms with Crippen molar-refractivity contribution < 1.29 is 13.2 Å². The third-order valence-corrected chi connectivity index (χ3v) is 8.15. The molecule has 9 heteroatoms. The van der Waals surface area contributed by atoms with Crippen molar-refractivity contribution in [2.24, 2.45) is 5.10 Å². The highest BCUT2D eigenvalue weighted by molar-refractivity contribution is 9.10. The molecule has 0 radical (unpaired) electrons. The normalized spacial score (nSPS) is 11.6. The number of hydrogen-bond acceptors (Lipinski definition) is 4. The summed E-state index contributed by atoms with van der Waals surface area (Å²) in [5.41, 5.74) is 7.63. The van der Waals surface area contributed by atoms with Gasteiger partial charge >= 0.3 is 0 Å². The lowest BCUT2D eigenvalue weighted by Gasteiger charge is -2.23. The lowest BCUT2D eigenvalue weighted by molar-refractivity contribution is -0.119. The number of sulfonamides is 1. The van der Waals surface area contributed by atoms with Gasteiger partial charge in [0, 0.05) is 27.1 Å². The summed E-state index contributed by atoms with van der Waals surface area (Å²) in [4.78, 5) is 12.9. The highest BCUT2D eigenvalue weighted by Crippen LogP contribution is 2.24. The summed E-state index contributed by atoms with van der Waals surface area (Å²) in [7, 11) is -3.97. The fourth-order valence-corrected chi connectivity index (χ4v) is 5.83. The number of amides is 1. The van der Waals surface area contributed by atoms with Crippen LogP contribution in [0.4, 0.5) is 5.69 Å². The number of benzene rings is 3. The topological polar surface area (TPSA) is 83.8 Å². The van der Waals surface area contributed by atoms with Crippen LogP contribution in [0.25, 0.3) is 5.69 Å². The summed E-state index contributed by atoms with van der Waals surface area (Å²) in [6.45, 7) is 5.43. The van der Waals surface area contributed by atoms with Crippen molar-refractivity contribution in [2.75, 3.05) is 10.8 Å². The zero-order valence-corrected chi connectivity index (χ0v) is 23.1. The molecule has 7 nitrogen and oxygen atoms in total. The molecule has 4 rings (SSSR count). The number of aromatic nitrogens is 1. The summed E-state index contributed by atoms with van der Waals surface area (Å²) < 4.78 is 31.0. The van der Waals surface area contributed by atoms with Crippen molar-refractivity contribution in [2.45, 2.75) is 25.7 Å². The maximum Gasteiger partial charge on any atom is 0.264 e. The van der Waals surface area contributed by atoms with Crippen LogP contribution in [-0.2, 0) is 14.8 Å². The predicted octanol–water partition coefficient (Wildman–Crippen LogP) is 5.51. The fraction of sp³-hybridized carbons (Fsp3) is 0.143. The van der Waals surface area contributed by atoms with E-state index in [4.69, 9.17) is 0 Å². The van der Waals surface area contributed by atoms with Crippen LogP contribution in [0.15, 0.2) is 99.4 Å². The van der Waals surface area contributed by atoms with E-state index in [1.165, 1.54) is 12.1 Å². The Morgan fingerprint density at radius 1 is 0.973 bits per heavy atom. The fourth-order valence-electron chi connectivity index (χ4n) is 4.02. The second-order valence-electron chi connectivity index (χ2n) is 8.60. The Hall–Kier alpha value is -3.69. The Morgan fingerprint density at radius 3 is 2.35 bits per heavy atom. The third-order valence-electron chi connectivity index (χ3n) is 5.87. The molecule has 0 saturated carbocycles. The number of hydrazone groups is 1. The lowest BCUT2D eigenvalue weighted by atomic mass is 10.2. The van der Waals surface area contributed by atoms with E-state index < -0.39 is 22.5 Å². The maximum atomic E-state index is 13.4. The first-order valence-electron chi connectivity index (χ1n) is 11.6. The molecule has 37 heavy (non-hydrogen) atoms. The zero-order chi connectivity index (χ0) is 26.6. The summed E-state index contributed by atoms with van der Waals surface area (Å²) in [6.07, 6.45) is 1.57. The predicted molar refractivity (Wildman–Crippen MR) is 151 cm³/mol. The molecule has 3 aromatic carbocycles. The average molecular weight is 580 g/mol. The molecule has 0 fully saturated rings. The highest BCUT2D eigenvalue weighted by atomic mass is 79.9. The SMILES string of the molecule is Cc1ccc(S(=O)(=O)N(CC(=O)N/N=C/c2cc(C)n(-c3cccc(Br)c3)c2C)c2ccccc2)cc1. The number of carbonyl (C=O) groups excluding carboxylic acids is 1. The monoisotopic (exact) mass is 578 g/mol. The van der Waals surface area contributed by atoms with E-state index in [0.29, 0.717) is 5.69 Å². The Labute approximate surface area is 225 Å². The van der Waals surface area contributed by atoms with Gasteiger partial charge in [-0.15, -0.1) is 0 Å². The van der Waals surface area contributed by atoms with E-state index in [0.717, 1.165) is 37.0 Å². The van der Waals surface area contributed by atoms with E-state index in [2.05, 4.69) is 31.0 Å². The van der Waals surface area contributed by atoms with E-state index in [-0.39, 0.29) is 4.90 Å². The van der Waals surface area contributed by atoms with Gasteiger partial charge in [0.1, 0.15) is 6.54 Å². The molecule has 0 unspecified atom stereocenters. The zero-order valence-electron chi connectivity index (χ0n) is 20.7. The molecule has 1 amide bonds. The molecule has 0 aliphatic rings. The van der Waals surface area contributed by atoms with E-state index in [1.807, 2.05) is 51.1 Å². The van der Waals surface area contributed by atoms with Gasteiger partial charge in [-0.1, -0.05) is 57.9 Å². The number of carbonyl (C=O) groups is 1. The molecule has 1 aromatic heterocycles. The molecule has 0 aliphatic carbocycles. The van der Waals surface area contributed by atoms with Gasteiger partial charge < -0.3 is 4.57 Å². The van der Waals surface area contributed by atoms with Gasteiger partial charge in [0.15, 0.2) is 0 Å². The standard InChI is InChI=1S/C28H27BrN4O3S/c1-20-12-14-27(15-13-20)37(35,36)32(25-9-5-4-6-10-25)19-28(34)31-30-18-23-16-21(2)33(22(23)3)26-11-7-8-24(29)17-26/h4-18H,19H2,1-3H3,(H,31,34)/b30-18+. The minimum atomic E-state index is -3.97. The Bertz CT molecular complexity index is 1550. The smallest absolute Gasteiger partial charge is 0.264 e. The minimum absolute atomic E-state index is 0.109. The Balaban J connectivity index is 1.53. The molecule has 0 aliphatic heterocycles. The van der Waals surface area contributed by atoms with Crippen molar-refractivity contribution in [3.05, 3.63) is 112 Å². The Kier molecular flexibility index (Phi) is 7.94. The van der Waals surface area contributed by atoms with Gasteiger partial charge in [-0.25, -0.2) is 13.8 Å².